The lowest BCUT2D eigenvalue weighted by molar-refractivity contribution is 0.0313. The summed E-state index contributed by atoms with van der Waals surface area (Å²) in [7, 11) is 0. The Morgan fingerprint density at radius 2 is 1.47 bits per heavy atom. The lowest BCUT2D eigenvalue weighted by Gasteiger charge is -2.47. The van der Waals surface area contributed by atoms with Crippen molar-refractivity contribution >= 4 is 0 Å². The van der Waals surface area contributed by atoms with Crippen LogP contribution in [0.2, 0.25) is 0 Å². The van der Waals surface area contributed by atoms with Gasteiger partial charge in [0.15, 0.2) is 0 Å². The second-order valence-electron chi connectivity index (χ2n) is 8.40. The highest BCUT2D eigenvalue weighted by molar-refractivity contribution is 4.90. The van der Waals surface area contributed by atoms with Gasteiger partial charge in [-0.25, -0.2) is 0 Å². The summed E-state index contributed by atoms with van der Waals surface area (Å²) in [5.41, 5.74) is 0.991. The topological polar surface area (TPSA) is 0 Å². The molecule has 1 aliphatic rings. The Morgan fingerprint density at radius 1 is 0.882 bits per heavy atom. The van der Waals surface area contributed by atoms with Crippen LogP contribution in [-0.4, -0.2) is 0 Å². The summed E-state index contributed by atoms with van der Waals surface area (Å²) in [5, 5.41) is 0. The lowest BCUT2D eigenvalue weighted by atomic mass is 9.58. The summed E-state index contributed by atoms with van der Waals surface area (Å²) in [6, 6.07) is 0. The van der Waals surface area contributed by atoms with Crippen LogP contribution < -0.4 is 0 Å². The van der Waals surface area contributed by atoms with Gasteiger partial charge in [0.25, 0.3) is 0 Å². The second-order valence-corrected chi connectivity index (χ2v) is 8.40. The molecule has 1 fully saturated rings. The highest BCUT2D eigenvalue weighted by Gasteiger charge is 2.40. The van der Waals surface area contributed by atoms with Crippen molar-refractivity contribution in [3.8, 4) is 0 Å². The minimum absolute atomic E-state index is 0.490. The van der Waals surface area contributed by atoms with Crippen LogP contribution in [0.1, 0.15) is 80.6 Å². The maximum Gasteiger partial charge on any atom is -0.0334 e. The van der Waals surface area contributed by atoms with Gasteiger partial charge in [-0.3, -0.25) is 0 Å². The maximum absolute atomic E-state index is 2.45. The predicted molar refractivity (Wildman–Crippen MR) is 78.1 cm³/mol. The number of rotatable bonds is 2. The molecule has 0 spiro atoms. The maximum atomic E-state index is 2.45. The van der Waals surface area contributed by atoms with Crippen LogP contribution in [0.3, 0.4) is 0 Å². The van der Waals surface area contributed by atoms with Crippen LogP contribution >= 0.6 is 0 Å². The minimum atomic E-state index is 0.490. The van der Waals surface area contributed by atoms with E-state index in [0.717, 1.165) is 17.8 Å². The van der Waals surface area contributed by atoms with E-state index >= 15 is 0 Å². The first-order chi connectivity index (χ1) is 7.66. The van der Waals surface area contributed by atoms with Gasteiger partial charge in [-0.2, -0.15) is 0 Å². The molecule has 1 aliphatic carbocycles. The largest absolute Gasteiger partial charge is 0.0654 e. The van der Waals surface area contributed by atoms with Crippen LogP contribution in [0, 0.1) is 28.6 Å². The lowest BCUT2D eigenvalue weighted by Crippen LogP contribution is -2.38. The van der Waals surface area contributed by atoms with Crippen molar-refractivity contribution in [2.24, 2.45) is 28.6 Å². The van der Waals surface area contributed by atoms with Crippen molar-refractivity contribution in [2.45, 2.75) is 80.6 Å². The van der Waals surface area contributed by atoms with E-state index in [1.165, 1.54) is 32.1 Å². The zero-order valence-corrected chi connectivity index (χ0v) is 13.3. The van der Waals surface area contributed by atoms with Gasteiger partial charge in [0, 0.05) is 0 Å². The molecule has 0 heterocycles. The molecule has 0 N–H and O–H groups in total. The molecule has 1 rings (SSSR count). The molecule has 0 nitrogen and oxygen atoms in total. The monoisotopic (exact) mass is 238 g/mol. The Kier molecular flexibility index (Phi) is 4.72. The highest BCUT2D eigenvalue weighted by atomic mass is 14.4. The van der Waals surface area contributed by atoms with Crippen LogP contribution in [0.5, 0.6) is 0 Å². The molecule has 0 aromatic carbocycles. The van der Waals surface area contributed by atoms with Gasteiger partial charge in [0.1, 0.15) is 0 Å². The summed E-state index contributed by atoms with van der Waals surface area (Å²) in [5.74, 6) is 2.85. The first kappa shape index (κ1) is 15.1. The predicted octanol–water partition coefficient (Wildman–Crippen LogP) is 5.91. The summed E-state index contributed by atoms with van der Waals surface area (Å²) in [6.07, 6.45) is 7.19. The Morgan fingerprint density at radius 3 is 1.88 bits per heavy atom. The smallest absolute Gasteiger partial charge is 0.0334 e. The van der Waals surface area contributed by atoms with Gasteiger partial charge in [-0.1, -0.05) is 61.3 Å². The van der Waals surface area contributed by atoms with Gasteiger partial charge in [0.2, 0.25) is 0 Å². The molecular weight excluding hydrogens is 204 g/mol. The fourth-order valence-electron chi connectivity index (χ4n) is 3.80. The number of hydrogen-bond acceptors (Lipinski definition) is 0. The quantitative estimate of drug-likeness (QED) is 0.561. The molecule has 0 radical (unpaired) electrons. The minimum Gasteiger partial charge on any atom is -0.0654 e. The SMILES string of the molecule is CCCC1CCC(C(C)(C)C)CC1C(C)(C)C. The van der Waals surface area contributed by atoms with Crippen molar-refractivity contribution < 1.29 is 0 Å². The van der Waals surface area contributed by atoms with Crippen molar-refractivity contribution in [3.63, 3.8) is 0 Å². The van der Waals surface area contributed by atoms with E-state index in [-0.39, 0.29) is 0 Å². The summed E-state index contributed by atoms with van der Waals surface area (Å²) in [6.45, 7) is 17.0. The molecule has 1 saturated carbocycles. The van der Waals surface area contributed by atoms with E-state index in [9.17, 15) is 0 Å². The molecule has 0 heteroatoms. The molecular formula is C17H34. The van der Waals surface area contributed by atoms with Gasteiger partial charge >= 0.3 is 0 Å². The second kappa shape index (κ2) is 5.33. The fourth-order valence-corrected chi connectivity index (χ4v) is 3.80. The van der Waals surface area contributed by atoms with Crippen LogP contribution in [-0.2, 0) is 0 Å². The highest BCUT2D eigenvalue weighted by Crippen LogP contribution is 2.49. The van der Waals surface area contributed by atoms with E-state index in [0.29, 0.717) is 10.8 Å². The van der Waals surface area contributed by atoms with Crippen LogP contribution in [0.25, 0.3) is 0 Å². The zero-order chi connectivity index (χ0) is 13.3. The Hall–Kier alpha value is 0. The molecule has 0 saturated heterocycles. The molecule has 0 aromatic rings. The zero-order valence-electron chi connectivity index (χ0n) is 13.3. The first-order valence-electron chi connectivity index (χ1n) is 7.66. The molecule has 0 bridgehead atoms. The van der Waals surface area contributed by atoms with Crippen LogP contribution in [0.4, 0.5) is 0 Å². The van der Waals surface area contributed by atoms with E-state index in [1.807, 2.05) is 0 Å². The van der Waals surface area contributed by atoms with Crippen LogP contribution in [0.15, 0.2) is 0 Å². The van der Waals surface area contributed by atoms with E-state index in [1.54, 1.807) is 0 Å². The first-order valence-corrected chi connectivity index (χ1v) is 7.66. The Labute approximate surface area is 110 Å². The Balaban J connectivity index is 2.77. The third-order valence-corrected chi connectivity index (χ3v) is 4.99. The van der Waals surface area contributed by atoms with Crippen molar-refractivity contribution in [1.29, 1.82) is 0 Å². The van der Waals surface area contributed by atoms with E-state index in [2.05, 4.69) is 48.5 Å². The summed E-state index contributed by atoms with van der Waals surface area (Å²) < 4.78 is 0. The third-order valence-electron chi connectivity index (χ3n) is 4.99. The Bertz CT molecular complexity index is 225. The molecule has 3 unspecified atom stereocenters. The number of hydrogen-bond donors (Lipinski definition) is 0. The fraction of sp³-hybridized carbons (Fsp3) is 1.00. The average molecular weight is 238 g/mol. The van der Waals surface area contributed by atoms with Crippen molar-refractivity contribution in [2.75, 3.05) is 0 Å². The molecule has 17 heavy (non-hydrogen) atoms. The molecule has 3 atom stereocenters. The average Bonchev–Trinajstić information content (AvgIpc) is 2.15. The molecule has 0 aliphatic heterocycles. The summed E-state index contributed by atoms with van der Waals surface area (Å²) >= 11 is 0. The molecule has 0 amide bonds. The van der Waals surface area contributed by atoms with Crippen molar-refractivity contribution in [1.82, 2.24) is 0 Å². The van der Waals surface area contributed by atoms with Crippen molar-refractivity contribution in [3.05, 3.63) is 0 Å². The molecule has 0 aromatic heterocycles. The van der Waals surface area contributed by atoms with Gasteiger partial charge < -0.3 is 0 Å². The van der Waals surface area contributed by atoms with Gasteiger partial charge in [-0.15, -0.1) is 0 Å². The standard InChI is InChI=1S/C17H34/c1-8-9-13-10-11-14(16(2,3)4)12-15(13)17(5,6)7/h13-15H,8-12H2,1-7H3. The normalized spacial score (nSPS) is 31.6. The van der Waals surface area contributed by atoms with Gasteiger partial charge in [-0.05, 0) is 47.8 Å². The summed E-state index contributed by atoms with van der Waals surface area (Å²) in [4.78, 5) is 0. The molecule has 102 valence electrons. The third kappa shape index (κ3) is 4.00. The van der Waals surface area contributed by atoms with E-state index < -0.39 is 0 Å². The van der Waals surface area contributed by atoms with Gasteiger partial charge in [0.05, 0.1) is 0 Å². The van der Waals surface area contributed by atoms with E-state index in [4.69, 9.17) is 0 Å².